The fourth-order valence-corrected chi connectivity index (χ4v) is 2.79. The van der Waals surface area contributed by atoms with Gasteiger partial charge in [-0.25, -0.2) is 4.39 Å². The Bertz CT molecular complexity index is 778. The summed E-state index contributed by atoms with van der Waals surface area (Å²) in [7, 11) is 7.18. The van der Waals surface area contributed by atoms with Gasteiger partial charge in [0.15, 0.2) is 17.5 Å². The molecule has 0 radical (unpaired) electrons. The lowest BCUT2D eigenvalue weighted by Gasteiger charge is -2.24. The molecule has 152 valence electrons. The number of benzene rings is 2. The van der Waals surface area contributed by atoms with Crippen molar-refractivity contribution in [1.29, 1.82) is 0 Å². The number of ether oxygens (including phenoxy) is 2. The molecule has 0 aliphatic carbocycles. The normalized spacial score (nSPS) is 12.6. The fourth-order valence-electron chi connectivity index (χ4n) is 2.79. The van der Waals surface area contributed by atoms with Crippen molar-refractivity contribution in [3.63, 3.8) is 0 Å². The zero-order chi connectivity index (χ0) is 20.5. The van der Waals surface area contributed by atoms with Gasteiger partial charge in [0.25, 0.3) is 0 Å². The van der Waals surface area contributed by atoms with E-state index in [9.17, 15) is 4.39 Å². The van der Waals surface area contributed by atoms with E-state index < -0.39 is 0 Å². The van der Waals surface area contributed by atoms with Gasteiger partial charge in [-0.15, -0.1) is 0 Å². The second kappa shape index (κ2) is 10.5. The van der Waals surface area contributed by atoms with Crippen LogP contribution in [-0.2, 0) is 0 Å². The van der Waals surface area contributed by atoms with E-state index in [1.807, 2.05) is 39.2 Å². The number of halogens is 1. The van der Waals surface area contributed by atoms with Crippen molar-refractivity contribution in [3.8, 4) is 11.5 Å². The van der Waals surface area contributed by atoms with Gasteiger partial charge in [0.05, 0.1) is 26.8 Å². The van der Waals surface area contributed by atoms with Gasteiger partial charge < -0.3 is 25.0 Å². The highest BCUT2D eigenvalue weighted by molar-refractivity contribution is 5.93. The summed E-state index contributed by atoms with van der Waals surface area (Å²) in [6, 6.07) is 12.2. The molecule has 0 saturated carbocycles. The van der Waals surface area contributed by atoms with Crippen LogP contribution in [0.2, 0.25) is 0 Å². The number of hydrogen-bond donors (Lipinski definition) is 2. The second-order valence-corrected chi connectivity index (χ2v) is 6.45. The SMILES string of the molecule is CCNC(=NCC(c1ccc(F)cc1)N(C)C)Nc1ccc(OC)c(OC)c1. The molecular weight excluding hydrogens is 359 g/mol. The van der Waals surface area contributed by atoms with Gasteiger partial charge in [-0.3, -0.25) is 4.99 Å². The number of aliphatic imine (C=N–C) groups is 1. The summed E-state index contributed by atoms with van der Waals surface area (Å²) in [5.41, 5.74) is 1.85. The Morgan fingerprint density at radius 1 is 1.07 bits per heavy atom. The van der Waals surface area contributed by atoms with Gasteiger partial charge in [-0.1, -0.05) is 12.1 Å². The van der Waals surface area contributed by atoms with Crippen molar-refractivity contribution < 1.29 is 13.9 Å². The van der Waals surface area contributed by atoms with Crippen LogP contribution in [0.4, 0.5) is 10.1 Å². The molecule has 0 fully saturated rings. The minimum atomic E-state index is -0.242. The fraction of sp³-hybridized carbons (Fsp3) is 0.381. The number of nitrogens with one attached hydrogen (secondary N) is 2. The molecule has 0 aliphatic rings. The van der Waals surface area contributed by atoms with Crippen molar-refractivity contribution in [1.82, 2.24) is 10.2 Å². The first-order chi connectivity index (χ1) is 13.5. The van der Waals surface area contributed by atoms with Crippen LogP contribution in [-0.4, -0.2) is 52.3 Å². The summed E-state index contributed by atoms with van der Waals surface area (Å²) in [5.74, 6) is 1.72. The maximum Gasteiger partial charge on any atom is 0.195 e. The number of rotatable bonds is 8. The molecule has 2 aromatic carbocycles. The molecule has 0 spiro atoms. The highest BCUT2D eigenvalue weighted by atomic mass is 19.1. The molecule has 6 nitrogen and oxygen atoms in total. The number of methoxy groups -OCH3 is 2. The first-order valence-electron chi connectivity index (χ1n) is 9.17. The number of likely N-dealkylation sites (N-methyl/N-ethyl adjacent to an activating group) is 1. The van der Waals surface area contributed by atoms with Crippen molar-refractivity contribution in [2.45, 2.75) is 13.0 Å². The Balaban J connectivity index is 2.19. The van der Waals surface area contributed by atoms with Gasteiger partial charge >= 0.3 is 0 Å². The van der Waals surface area contributed by atoms with Crippen LogP contribution >= 0.6 is 0 Å². The van der Waals surface area contributed by atoms with E-state index in [0.717, 1.165) is 17.8 Å². The molecule has 7 heteroatoms. The van der Waals surface area contributed by atoms with Gasteiger partial charge in [0.1, 0.15) is 5.82 Å². The Kier molecular flexibility index (Phi) is 8.07. The maximum atomic E-state index is 13.2. The number of hydrogen-bond acceptors (Lipinski definition) is 4. The predicted molar refractivity (Wildman–Crippen MR) is 112 cm³/mol. The van der Waals surface area contributed by atoms with Crippen molar-refractivity contribution >= 4 is 11.6 Å². The third-order valence-corrected chi connectivity index (χ3v) is 4.29. The molecule has 0 aromatic heterocycles. The summed E-state index contributed by atoms with van der Waals surface area (Å²) in [6.07, 6.45) is 0. The monoisotopic (exact) mass is 388 g/mol. The van der Waals surface area contributed by atoms with E-state index in [0.29, 0.717) is 24.0 Å². The third kappa shape index (κ3) is 5.85. The van der Waals surface area contributed by atoms with Crippen LogP contribution in [0.25, 0.3) is 0 Å². The van der Waals surface area contributed by atoms with E-state index in [-0.39, 0.29) is 11.9 Å². The molecule has 1 atom stereocenters. The minimum absolute atomic E-state index is 0.0291. The molecule has 2 N–H and O–H groups in total. The van der Waals surface area contributed by atoms with Gasteiger partial charge in [-0.2, -0.15) is 0 Å². The Morgan fingerprint density at radius 3 is 2.32 bits per heavy atom. The molecule has 0 bridgehead atoms. The summed E-state index contributed by atoms with van der Waals surface area (Å²) >= 11 is 0. The standard InChI is InChI=1S/C21H29FN4O2/c1-6-23-21(25-17-11-12-19(27-4)20(13-17)28-5)24-14-18(26(2)3)15-7-9-16(22)10-8-15/h7-13,18H,6,14H2,1-5H3,(H2,23,24,25). The first-order valence-corrected chi connectivity index (χ1v) is 9.17. The third-order valence-electron chi connectivity index (χ3n) is 4.29. The van der Waals surface area contributed by atoms with Gasteiger partial charge in [0, 0.05) is 18.3 Å². The molecule has 0 heterocycles. The summed E-state index contributed by atoms with van der Waals surface area (Å²) in [4.78, 5) is 6.78. The molecule has 2 aromatic rings. The average molecular weight is 388 g/mol. The molecule has 0 saturated heterocycles. The van der Waals surface area contributed by atoms with Crippen molar-refractivity contribution in [3.05, 3.63) is 53.8 Å². The molecular formula is C21H29FN4O2. The van der Waals surface area contributed by atoms with Crippen LogP contribution in [0.15, 0.2) is 47.5 Å². The molecule has 1 unspecified atom stereocenters. The van der Waals surface area contributed by atoms with Crippen molar-refractivity contribution in [2.75, 3.05) is 46.7 Å². The first kappa shape index (κ1) is 21.5. The van der Waals surface area contributed by atoms with E-state index in [1.165, 1.54) is 12.1 Å². The second-order valence-electron chi connectivity index (χ2n) is 6.45. The van der Waals surface area contributed by atoms with Crippen LogP contribution in [0, 0.1) is 5.82 Å². The molecule has 2 rings (SSSR count). The maximum absolute atomic E-state index is 13.2. The Morgan fingerprint density at radius 2 is 1.75 bits per heavy atom. The lowest BCUT2D eigenvalue weighted by Crippen LogP contribution is -2.32. The zero-order valence-electron chi connectivity index (χ0n) is 17.1. The van der Waals surface area contributed by atoms with E-state index >= 15 is 0 Å². The lowest BCUT2D eigenvalue weighted by molar-refractivity contribution is 0.306. The van der Waals surface area contributed by atoms with E-state index in [2.05, 4.69) is 15.5 Å². The van der Waals surface area contributed by atoms with Crippen LogP contribution in [0.1, 0.15) is 18.5 Å². The van der Waals surface area contributed by atoms with E-state index in [1.54, 1.807) is 26.4 Å². The number of nitrogens with zero attached hydrogens (tertiary/aromatic N) is 2. The summed E-state index contributed by atoms with van der Waals surface area (Å²) in [5, 5.41) is 6.53. The van der Waals surface area contributed by atoms with Crippen LogP contribution in [0.5, 0.6) is 11.5 Å². The lowest BCUT2D eigenvalue weighted by atomic mass is 10.1. The van der Waals surface area contributed by atoms with E-state index in [4.69, 9.17) is 14.5 Å². The largest absolute Gasteiger partial charge is 0.493 e. The summed E-state index contributed by atoms with van der Waals surface area (Å²) in [6.45, 7) is 3.25. The highest BCUT2D eigenvalue weighted by Gasteiger charge is 2.14. The summed E-state index contributed by atoms with van der Waals surface area (Å²) < 4.78 is 23.9. The average Bonchev–Trinajstić information content (AvgIpc) is 2.69. The molecule has 0 amide bonds. The quantitative estimate of drug-likeness (QED) is 0.535. The van der Waals surface area contributed by atoms with Crippen LogP contribution < -0.4 is 20.1 Å². The number of anilines is 1. The predicted octanol–water partition coefficient (Wildman–Crippen LogP) is 3.52. The Labute approximate surface area is 166 Å². The molecule has 28 heavy (non-hydrogen) atoms. The highest BCUT2D eigenvalue weighted by Crippen LogP contribution is 2.29. The molecule has 0 aliphatic heterocycles. The smallest absolute Gasteiger partial charge is 0.195 e. The Hall–Kier alpha value is -2.80. The topological polar surface area (TPSA) is 58.1 Å². The van der Waals surface area contributed by atoms with Crippen LogP contribution in [0.3, 0.4) is 0 Å². The van der Waals surface area contributed by atoms with Gasteiger partial charge in [-0.05, 0) is 50.8 Å². The zero-order valence-corrected chi connectivity index (χ0v) is 17.1. The number of guanidine groups is 1. The van der Waals surface area contributed by atoms with Gasteiger partial charge in [0.2, 0.25) is 0 Å². The van der Waals surface area contributed by atoms with Crippen molar-refractivity contribution in [2.24, 2.45) is 4.99 Å². The minimum Gasteiger partial charge on any atom is -0.493 e.